The van der Waals surface area contributed by atoms with Gasteiger partial charge in [-0.2, -0.15) is 5.10 Å². The van der Waals surface area contributed by atoms with Gasteiger partial charge >= 0.3 is 5.97 Å². The van der Waals surface area contributed by atoms with E-state index in [1.807, 2.05) is 0 Å². The molecular formula is C20H18Cl2N4O4. The molecule has 3 aromatic rings. The molecule has 0 saturated heterocycles. The Labute approximate surface area is 181 Å². The Morgan fingerprint density at radius 1 is 1.13 bits per heavy atom. The van der Waals surface area contributed by atoms with Crippen molar-refractivity contribution in [3.63, 3.8) is 0 Å². The first kappa shape index (κ1) is 21.7. The van der Waals surface area contributed by atoms with E-state index in [2.05, 4.69) is 15.4 Å². The van der Waals surface area contributed by atoms with Gasteiger partial charge in [-0.05, 0) is 32.9 Å². The van der Waals surface area contributed by atoms with Crippen molar-refractivity contribution in [2.75, 3.05) is 5.32 Å². The monoisotopic (exact) mass is 448 g/mol. The number of fused-ring (bicyclic) bond motifs is 1. The molecule has 10 heteroatoms. The van der Waals surface area contributed by atoms with Crippen LogP contribution in [0, 0.1) is 0 Å². The molecule has 0 aliphatic heterocycles. The lowest BCUT2D eigenvalue weighted by atomic mass is 10.1. The van der Waals surface area contributed by atoms with Crippen molar-refractivity contribution in [2.45, 2.75) is 32.9 Å². The number of anilines is 1. The summed E-state index contributed by atoms with van der Waals surface area (Å²) in [4.78, 5) is 41.7. The third-order valence-electron chi connectivity index (χ3n) is 4.21. The number of rotatable bonds is 5. The predicted molar refractivity (Wildman–Crippen MR) is 114 cm³/mol. The summed E-state index contributed by atoms with van der Waals surface area (Å²) >= 11 is 11.8. The van der Waals surface area contributed by atoms with Gasteiger partial charge in [0, 0.05) is 11.6 Å². The summed E-state index contributed by atoms with van der Waals surface area (Å²) in [7, 11) is 0. The summed E-state index contributed by atoms with van der Waals surface area (Å²) in [5.74, 6) is -1.38. The van der Waals surface area contributed by atoms with Gasteiger partial charge in [0.05, 0.1) is 21.5 Å². The predicted octanol–water partition coefficient (Wildman–Crippen LogP) is 3.86. The zero-order valence-corrected chi connectivity index (χ0v) is 17.9. The van der Waals surface area contributed by atoms with E-state index in [0.29, 0.717) is 15.8 Å². The summed E-state index contributed by atoms with van der Waals surface area (Å²) in [6, 6.07) is 7.75. The van der Waals surface area contributed by atoms with Crippen molar-refractivity contribution in [2.24, 2.45) is 0 Å². The van der Waals surface area contributed by atoms with Crippen LogP contribution >= 0.6 is 23.2 Å². The SMILES string of the molecule is CC(C)n1nc(C(=O)O[C@H](C)C(=O)Nc2ncc(Cl)cc2Cl)c2ccccc2c1=O. The van der Waals surface area contributed by atoms with Crippen molar-refractivity contribution in [1.29, 1.82) is 0 Å². The lowest BCUT2D eigenvalue weighted by Crippen LogP contribution is -2.32. The largest absolute Gasteiger partial charge is 0.448 e. The minimum atomic E-state index is -1.17. The number of hydrogen-bond acceptors (Lipinski definition) is 6. The molecule has 30 heavy (non-hydrogen) atoms. The Balaban J connectivity index is 1.86. The Kier molecular flexibility index (Phi) is 6.38. The summed E-state index contributed by atoms with van der Waals surface area (Å²) in [5, 5.41) is 7.79. The highest BCUT2D eigenvalue weighted by molar-refractivity contribution is 6.36. The van der Waals surface area contributed by atoms with E-state index >= 15 is 0 Å². The maximum absolute atomic E-state index is 12.8. The first-order chi connectivity index (χ1) is 14.2. The maximum atomic E-state index is 12.8. The quantitative estimate of drug-likeness (QED) is 0.594. The molecule has 1 N–H and O–H groups in total. The van der Waals surface area contributed by atoms with Crippen LogP contribution in [0.4, 0.5) is 5.82 Å². The van der Waals surface area contributed by atoms with Gasteiger partial charge < -0.3 is 10.1 Å². The zero-order valence-electron chi connectivity index (χ0n) is 16.3. The molecule has 1 aromatic carbocycles. The highest BCUT2D eigenvalue weighted by Crippen LogP contribution is 2.23. The van der Waals surface area contributed by atoms with E-state index in [9.17, 15) is 14.4 Å². The van der Waals surface area contributed by atoms with Crippen LogP contribution in [0.5, 0.6) is 0 Å². The molecule has 0 radical (unpaired) electrons. The lowest BCUT2D eigenvalue weighted by molar-refractivity contribution is -0.123. The number of carbonyl (C=O) groups is 2. The second-order valence-corrected chi connectivity index (χ2v) is 7.60. The molecule has 156 valence electrons. The van der Waals surface area contributed by atoms with Crippen LogP contribution in [0.25, 0.3) is 10.8 Å². The van der Waals surface area contributed by atoms with Crippen LogP contribution in [0.1, 0.15) is 37.3 Å². The molecule has 0 bridgehead atoms. The second kappa shape index (κ2) is 8.81. The Morgan fingerprint density at radius 3 is 2.43 bits per heavy atom. The molecule has 0 fully saturated rings. The highest BCUT2D eigenvalue weighted by atomic mass is 35.5. The Morgan fingerprint density at radius 2 is 1.80 bits per heavy atom. The standard InChI is InChI=1S/C20H18Cl2N4O4/c1-10(2)26-19(28)14-7-5-4-6-13(14)16(25-26)20(29)30-11(3)18(27)24-17-15(22)8-12(21)9-23-17/h4-11H,1-3H3,(H,23,24,27)/t11-/m1/s1. The van der Waals surface area contributed by atoms with Crippen LogP contribution < -0.4 is 10.9 Å². The van der Waals surface area contributed by atoms with Crippen LogP contribution in [0.2, 0.25) is 10.0 Å². The average molecular weight is 449 g/mol. The summed E-state index contributed by atoms with van der Waals surface area (Å²) in [5.41, 5.74) is -0.368. The van der Waals surface area contributed by atoms with E-state index in [-0.39, 0.29) is 28.1 Å². The number of amides is 1. The smallest absolute Gasteiger partial charge is 0.360 e. The molecule has 2 heterocycles. The fourth-order valence-electron chi connectivity index (χ4n) is 2.70. The Bertz CT molecular complexity index is 1190. The average Bonchev–Trinajstić information content (AvgIpc) is 2.70. The van der Waals surface area contributed by atoms with E-state index in [1.54, 1.807) is 38.1 Å². The first-order valence-corrected chi connectivity index (χ1v) is 9.79. The van der Waals surface area contributed by atoms with E-state index in [1.165, 1.54) is 23.9 Å². The number of aromatic nitrogens is 3. The number of nitrogens with one attached hydrogen (secondary N) is 1. The number of halogens is 2. The number of hydrogen-bond donors (Lipinski definition) is 1. The number of ether oxygens (including phenoxy) is 1. The fourth-order valence-corrected chi connectivity index (χ4v) is 3.13. The van der Waals surface area contributed by atoms with Crippen molar-refractivity contribution < 1.29 is 14.3 Å². The van der Waals surface area contributed by atoms with Crippen molar-refractivity contribution in [3.8, 4) is 0 Å². The summed E-state index contributed by atoms with van der Waals surface area (Å²) in [6.07, 6.45) is 0.149. The molecule has 3 rings (SSSR count). The van der Waals surface area contributed by atoms with Gasteiger partial charge in [-0.1, -0.05) is 41.4 Å². The van der Waals surface area contributed by atoms with Gasteiger partial charge in [-0.15, -0.1) is 0 Å². The van der Waals surface area contributed by atoms with Crippen molar-refractivity contribution >= 4 is 51.7 Å². The molecule has 0 aliphatic carbocycles. The van der Waals surface area contributed by atoms with Gasteiger partial charge in [0.2, 0.25) is 0 Å². The normalized spacial score (nSPS) is 12.1. The fraction of sp³-hybridized carbons (Fsp3) is 0.250. The van der Waals surface area contributed by atoms with Gasteiger partial charge in [0.25, 0.3) is 11.5 Å². The molecular weight excluding hydrogens is 431 g/mol. The molecule has 0 aliphatic rings. The van der Waals surface area contributed by atoms with E-state index in [0.717, 1.165) is 0 Å². The van der Waals surface area contributed by atoms with Gasteiger partial charge in [-0.25, -0.2) is 14.5 Å². The number of nitrogens with zero attached hydrogens (tertiary/aromatic N) is 3. The third kappa shape index (κ3) is 4.44. The third-order valence-corrected chi connectivity index (χ3v) is 4.71. The molecule has 0 spiro atoms. The first-order valence-electron chi connectivity index (χ1n) is 9.03. The van der Waals surface area contributed by atoms with Crippen molar-refractivity contribution in [3.05, 3.63) is 62.6 Å². The van der Waals surface area contributed by atoms with Crippen LogP contribution in [-0.4, -0.2) is 32.7 Å². The maximum Gasteiger partial charge on any atom is 0.360 e. The Hall–Kier alpha value is -2.97. The van der Waals surface area contributed by atoms with Gasteiger partial charge in [0.15, 0.2) is 17.6 Å². The zero-order chi connectivity index (χ0) is 22.0. The van der Waals surface area contributed by atoms with E-state index < -0.39 is 18.0 Å². The molecule has 0 saturated carbocycles. The second-order valence-electron chi connectivity index (χ2n) is 6.76. The van der Waals surface area contributed by atoms with Gasteiger partial charge in [0.1, 0.15) is 0 Å². The molecule has 8 nitrogen and oxygen atoms in total. The topological polar surface area (TPSA) is 103 Å². The number of esters is 1. The van der Waals surface area contributed by atoms with Crippen LogP contribution in [0.15, 0.2) is 41.3 Å². The van der Waals surface area contributed by atoms with Crippen LogP contribution in [0.3, 0.4) is 0 Å². The molecule has 1 amide bonds. The minimum Gasteiger partial charge on any atom is -0.448 e. The lowest BCUT2D eigenvalue weighted by Gasteiger charge is -2.16. The highest BCUT2D eigenvalue weighted by Gasteiger charge is 2.24. The molecule has 1 atom stereocenters. The van der Waals surface area contributed by atoms with Crippen molar-refractivity contribution in [1.82, 2.24) is 14.8 Å². The molecule has 2 aromatic heterocycles. The molecule has 0 unspecified atom stereocenters. The summed E-state index contributed by atoms with van der Waals surface area (Å²) in [6.45, 7) is 4.95. The minimum absolute atomic E-state index is 0.0544. The summed E-state index contributed by atoms with van der Waals surface area (Å²) < 4.78 is 6.50. The van der Waals surface area contributed by atoms with Gasteiger partial charge in [-0.3, -0.25) is 9.59 Å². The van der Waals surface area contributed by atoms with E-state index in [4.69, 9.17) is 27.9 Å². The van der Waals surface area contributed by atoms with Crippen LogP contribution in [-0.2, 0) is 9.53 Å². The number of carbonyl (C=O) groups excluding carboxylic acids is 2. The number of benzene rings is 1. The number of pyridine rings is 1.